The van der Waals surface area contributed by atoms with Crippen molar-refractivity contribution in [2.45, 2.75) is 45.1 Å². The Kier molecular flexibility index (Phi) is 6.70. The molecule has 1 heterocycles. The molecule has 4 aromatic rings. The summed E-state index contributed by atoms with van der Waals surface area (Å²) in [6.45, 7) is 1.69. The summed E-state index contributed by atoms with van der Waals surface area (Å²) in [6.07, 6.45) is 7.28. The Hall–Kier alpha value is -3.47. The quantitative estimate of drug-likeness (QED) is 0.327. The van der Waals surface area contributed by atoms with Gasteiger partial charge in [-0.1, -0.05) is 67.8 Å². The molecule has 0 saturated heterocycles. The number of nitrogens with zero attached hydrogens (tertiary/aromatic N) is 2. The normalized spacial score (nSPS) is 14.4. The molecule has 2 N–H and O–H groups in total. The van der Waals surface area contributed by atoms with Crippen LogP contribution in [0.3, 0.4) is 0 Å². The van der Waals surface area contributed by atoms with E-state index >= 15 is 0 Å². The van der Waals surface area contributed by atoms with Gasteiger partial charge in [0.15, 0.2) is 0 Å². The van der Waals surface area contributed by atoms with Crippen molar-refractivity contribution < 1.29 is 0 Å². The monoisotopic (exact) mass is 454 g/mol. The van der Waals surface area contributed by atoms with E-state index in [1.54, 1.807) is 0 Å². The van der Waals surface area contributed by atoms with Gasteiger partial charge in [-0.15, -0.1) is 0 Å². The van der Waals surface area contributed by atoms with Crippen LogP contribution in [-0.2, 0) is 13.0 Å². The Labute approximate surface area is 201 Å². The number of hydrogen-bond donors (Lipinski definition) is 2. The minimum absolute atomic E-state index is 0.00433. The molecule has 5 rings (SSSR count). The molecule has 0 atom stereocenters. The van der Waals surface area contributed by atoms with Gasteiger partial charge in [-0.2, -0.15) is 0 Å². The zero-order valence-electron chi connectivity index (χ0n) is 20.0. The summed E-state index contributed by atoms with van der Waals surface area (Å²) < 4.78 is 1.96. The van der Waals surface area contributed by atoms with Crippen LogP contribution in [0, 0.1) is 5.92 Å². The highest BCUT2D eigenvalue weighted by atomic mass is 16.1. The van der Waals surface area contributed by atoms with Crippen molar-refractivity contribution in [1.82, 2.24) is 9.55 Å². The maximum absolute atomic E-state index is 12.9. The molecule has 0 unspecified atom stereocenters. The van der Waals surface area contributed by atoms with Gasteiger partial charge in [0.2, 0.25) is 0 Å². The van der Waals surface area contributed by atoms with E-state index < -0.39 is 0 Å². The van der Waals surface area contributed by atoms with Crippen molar-refractivity contribution in [3.8, 4) is 0 Å². The number of imidazole rings is 1. The molecule has 0 bridgehead atoms. The van der Waals surface area contributed by atoms with Crippen molar-refractivity contribution >= 4 is 28.1 Å². The number of likely N-dealkylation sites (N-methyl/N-ethyl adjacent to an activating group) is 1. The van der Waals surface area contributed by atoms with Crippen LogP contribution in [0.4, 0.5) is 17.1 Å². The number of para-hydroxylation sites is 1. The second kappa shape index (κ2) is 10.2. The Morgan fingerprint density at radius 3 is 2.41 bits per heavy atom. The van der Waals surface area contributed by atoms with E-state index in [1.165, 1.54) is 37.7 Å². The lowest BCUT2D eigenvalue weighted by Crippen LogP contribution is -2.23. The summed E-state index contributed by atoms with van der Waals surface area (Å²) in [4.78, 5) is 18.4. The summed E-state index contributed by atoms with van der Waals surface area (Å²) in [5.74, 6) is 0.590. The van der Waals surface area contributed by atoms with Crippen molar-refractivity contribution in [2.75, 3.05) is 23.8 Å². The summed E-state index contributed by atoms with van der Waals surface area (Å²) in [5.41, 5.74) is 6.34. The smallest absolute Gasteiger partial charge is 0.326 e. The molecule has 0 spiro atoms. The molecule has 1 aromatic heterocycles. The summed E-state index contributed by atoms with van der Waals surface area (Å²) in [7, 11) is 2.14. The van der Waals surface area contributed by atoms with Crippen LogP contribution in [-0.4, -0.2) is 23.1 Å². The van der Waals surface area contributed by atoms with Crippen molar-refractivity contribution in [3.05, 3.63) is 88.8 Å². The lowest BCUT2D eigenvalue weighted by Gasteiger charge is -2.24. The molecule has 0 aliphatic heterocycles. The van der Waals surface area contributed by atoms with Crippen LogP contribution < -0.4 is 15.9 Å². The van der Waals surface area contributed by atoms with Gasteiger partial charge in [0.05, 0.1) is 22.4 Å². The lowest BCUT2D eigenvalue weighted by atomic mass is 9.89. The standard InChI is InChI=1S/C29H34N4O/c1-32(18-17-22-11-5-2-6-12-22)27-20-28-26(19-25(27)30-24-15-9-4-10-16-24)31-29(34)33(28)21-23-13-7-3-8-14-23/h2,4-6,9-12,15-16,19-20,23,30H,3,7-8,13-14,17-18,21H2,1H3,(H,31,34). The summed E-state index contributed by atoms with van der Waals surface area (Å²) in [5, 5.41) is 3.58. The highest BCUT2D eigenvalue weighted by Gasteiger charge is 2.19. The number of aromatic amines is 1. The van der Waals surface area contributed by atoms with Crippen LogP contribution in [0.15, 0.2) is 77.6 Å². The fourth-order valence-corrected chi connectivity index (χ4v) is 5.16. The summed E-state index contributed by atoms with van der Waals surface area (Å²) in [6, 6.07) is 25.1. The Morgan fingerprint density at radius 1 is 0.971 bits per heavy atom. The first-order valence-corrected chi connectivity index (χ1v) is 12.5. The first-order chi connectivity index (χ1) is 16.7. The number of hydrogen-bond acceptors (Lipinski definition) is 3. The molecular weight excluding hydrogens is 420 g/mol. The second-order valence-electron chi connectivity index (χ2n) is 9.58. The maximum Gasteiger partial charge on any atom is 0.326 e. The molecule has 0 amide bonds. The zero-order valence-corrected chi connectivity index (χ0v) is 20.0. The minimum Gasteiger partial charge on any atom is -0.373 e. The SMILES string of the molecule is CN(CCc1ccccc1)c1cc2c(cc1Nc1ccccc1)[nH]c(=O)n2CC1CCCCC1. The molecule has 3 aromatic carbocycles. The van der Waals surface area contributed by atoms with E-state index in [4.69, 9.17) is 0 Å². The predicted octanol–water partition coefficient (Wildman–Crippen LogP) is 6.33. The highest BCUT2D eigenvalue weighted by molar-refractivity contribution is 5.90. The molecular formula is C29H34N4O. The van der Waals surface area contributed by atoms with E-state index in [0.717, 1.165) is 47.6 Å². The molecule has 5 nitrogen and oxygen atoms in total. The number of anilines is 3. The van der Waals surface area contributed by atoms with Gasteiger partial charge in [0.25, 0.3) is 0 Å². The number of H-pyrrole nitrogens is 1. The second-order valence-corrected chi connectivity index (χ2v) is 9.58. The third kappa shape index (κ3) is 5.04. The average Bonchev–Trinajstić information content (AvgIpc) is 3.17. The van der Waals surface area contributed by atoms with E-state index in [1.807, 2.05) is 22.8 Å². The van der Waals surface area contributed by atoms with E-state index in [9.17, 15) is 4.79 Å². The third-order valence-electron chi connectivity index (χ3n) is 7.10. The molecule has 1 aliphatic rings. The van der Waals surface area contributed by atoms with Gasteiger partial charge in [-0.3, -0.25) is 4.57 Å². The van der Waals surface area contributed by atoms with Crippen molar-refractivity contribution in [3.63, 3.8) is 0 Å². The van der Waals surface area contributed by atoms with E-state index in [2.05, 4.69) is 76.8 Å². The minimum atomic E-state index is -0.00433. The Balaban J connectivity index is 1.49. The summed E-state index contributed by atoms with van der Waals surface area (Å²) >= 11 is 0. The van der Waals surface area contributed by atoms with Crippen LogP contribution >= 0.6 is 0 Å². The molecule has 5 heteroatoms. The fraction of sp³-hybridized carbons (Fsp3) is 0.345. The van der Waals surface area contributed by atoms with E-state index in [0.29, 0.717) is 5.92 Å². The number of aromatic nitrogens is 2. The van der Waals surface area contributed by atoms with Gasteiger partial charge < -0.3 is 15.2 Å². The third-order valence-corrected chi connectivity index (χ3v) is 7.10. The topological polar surface area (TPSA) is 53.1 Å². The van der Waals surface area contributed by atoms with Gasteiger partial charge >= 0.3 is 5.69 Å². The highest BCUT2D eigenvalue weighted by Crippen LogP contribution is 2.33. The molecule has 1 aliphatic carbocycles. The van der Waals surface area contributed by atoms with Crippen LogP contribution in [0.1, 0.15) is 37.7 Å². The average molecular weight is 455 g/mol. The maximum atomic E-state index is 12.9. The molecule has 1 saturated carbocycles. The molecule has 1 fully saturated rings. The predicted molar refractivity (Wildman–Crippen MR) is 142 cm³/mol. The van der Waals surface area contributed by atoms with Crippen LogP contribution in [0.5, 0.6) is 0 Å². The van der Waals surface area contributed by atoms with Crippen molar-refractivity contribution in [2.24, 2.45) is 5.92 Å². The van der Waals surface area contributed by atoms with Gasteiger partial charge in [-0.05, 0) is 55.0 Å². The molecule has 176 valence electrons. The molecule has 0 radical (unpaired) electrons. The number of fused-ring (bicyclic) bond motifs is 1. The van der Waals surface area contributed by atoms with Gasteiger partial charge in [0, 0.05) is 25.8 Å². The lowest BCUT2D eigenvalue weighted by molar-refractivity contribution is 0.319. The van der Waals surface area contributed by atoms with Crippen molar-refractivity contribution in [1.29, 1.82) is 0 Å². The Bertz CT molecular complexity index is 1270. The number of rotatable bonds is 8. The fourth-order valence-electron chi connectivity index (χ4n) is 5.16. The van der Waals surface area contributed by atoms with Gasteiger partial charge in [-0.25, -0.2) is 4.79 Å². The first kappa shape index (κ1) is 22.3. The largest absolute Gasteiger partial charge is 0.373 e. The Morgan fingerprint density at radius 2 is 1.68 bits per heavy atom. The van der Waals surface area contributed by atoms with E-state index in [-0.39, 0.29) is 5.69 Å². The molecule has 34 heavy (non-hydrogen) atoms. The van der Waals surface area contributed by atoms with Gasteiger partial charge in [0.1, 0.15) is 0 Å². The zero-order chi connectivity index (χ0) is 23.3. The van der Waals surface area contributed by atoms with Crippen LogP contribution in [0.25, 0.3) is 11.0 Å². The number of benzene rings is 3. The van der Waals surface area contributed by atoms with Crippen LogP contribution in [0.2, 0.25) is 0 Å². The first-order valence-electron chi connectivity index (χ1n) is 12.5. The number of nitrogens with one attached hydrogen (secondary N) is 2.